The van der Waals surface area contributed by atoms with E-state index in [0.717, 1.165) is 28.5 Å². The maximum absolute atomic E-state index is 12.2. The first-order valence-corrected chi connectivity index (χ1v) is 9.09. The average molecular weight is 533 g/mol. The summed E-state index contributed by atoms with van der Waals surface area (Å²) in [6.45, 7) is 1.99. The Kier molecular flexibility index (Phi) is 5.28. The number of thiophene rings is 1. The zero-order valence-corrected chi connectivity index (χ0v) is 16.7. The molecule has 0 aliphatic heterocycles. The maximum atomic E-state index is 12.2. The number of amides is 1. The van der Waals surface area contributed by atoms with E-state index in [4.69, 9.17) is 0 Å². The summed E-state index contributed by atoms with van der Waals surface area (Å²) in [6.07, 6.45) is 0. The van der Waals surface area contributed by atoms with Gasteiger partial charge in [0.25, 0.3) is 5.91 Å². The number of hydrogen-bond donors (Lipinski definition) is 1. The molecule has 7 heteroatoms. The number of halogens is 4. The van der Waals surface area contributed by atoms with Crippen molar-refractivity contribution >= 4 is 86.7 Å². The zero-order chi connectivity index (χ0) is 14.2. The molecule has 1 heterocycles. The van der Waals surface area contributed by atoms with E-state index in [9.17, 15) is 4.79 Å². The van der Waals surface area contributed by atoms with Crippen LogP contribution in [0.1, 0.15) is 15.2 Å². The molecule has 0 fully saturated rings. The number of anilines is 1. The first-order chi connectivity index (χ1) is 8.88. The fourth-order valence-corrected chi connectivity index (χ4v) is 5.00. The lowest BCUT2D eigenvalue weighted by atomic mass is 10.2. The van der Waals surface area contributed by atoms with Crippen LogP contribution in [0.2, 0.25) is 0 Å². The largest absolute Gasteiger partial charge is 0.319 e. The highest BCUT2D eigenvalue weighted by atomic mass is 79.9. The van der Waals surface area contributed by atoms with E-state index in [1.54, 1.807) is 6.07 Å². The molecular weight excluding hydrogens is 526 g/mol. The second-order valence-electron chi connectivity index (χ2n) is 3.79. The van der Waals surface area contributed by atoms with Gasteiger partial charge in [0.05, 0.1) is 14.4 Å². The highest BCUT2D eigenvalue weighted by Crippen LogP contribution is 2.35. The molecule has 0 bridgehead atoms. The van der Waals surface area contributed by atoms with E-state index in [1.165, 1.54) is 11.3 Å². The van der Waals surface area contributed by atoms with Crippen molar-refractivity contribution in [2.24, 2.45) is 0 Å². The van der Waals surface area contributed by atoms with Gasteiger partial charge in [-0.15, -0.1) is 11.3 Å². The van der Waals surface area contributed by atoms with Crippen molar-refractivity contribution in [3.63, 3.8) is 0 Å². The average Bonchev–Trinajstić information content (AvgIpc) is 2.64. The van der Waals surface area contributed by atoms with Crippen LogP contribution in [-0.2, 0) is 0 Å². The summed E-state index contributed by atoms with van der Waals surface area (Å²) in [7, 11) is 0. The Morgan fingerprint density at radius 3 is 2.11 bits per heavy atom. The van der Waals surface area contributed by atoms with Crippen LogP contribution in [0.3, 0.4) is 0 Å². The molecule has 0 unspecified atom stereocenters. The standard InChI is InChI=1S/C12H7Br4NOS/c1-5-2-6(13)10(7(14)3-5)17-12(18)9-4-8(15)11(16)19-9/h2-4H,1H3,(H,17,18). The van der Waals surface area contributed by atoms with Crippen molar-refractivity contribution in [2.45, 2.75) is 6.92 Å². The normalized spacial score (nSPS) is 10.6. The van der Waals surface area contributed by atoms with Gasteiger partial charge in [-0.2, -0.15) is 0 Å². The lowest BCUT2D eigenvalue weighted by Gasteiger charge is -2.09. The number of aryl methyl sites for hydroxylation is 1. The van der Waals surface area contributed by atoms with Gasteiger partial charge in [0, 0.05) is 13.4 Å². The molecule has 1 aromatic carbocycles. The molecular formula is C12H7Br4NOS. The zero-order valence-electron chi connectivity index (χ0n) is 9.56. The summed E-state index contributed by atoms with van der Waals surface area (Å²) in [6, 6.07) is 5.71. The van der Waals surface area contributed by atoms with E-state index >= 15 is 0 Å². The summed E-state index contributed by atoms with van der Waals surface area (Å²) >= 11 is 15.1. The van der Waals surface area contributed by atoms with E-state index in [1.807, 2.05) is 19.1 Å². The second-order valence-corrected chi connectivity index (χ2v) is 8.72. The SMILES string of the molecule is Cc1cc(Br)c(NC(=O)c2cc(Br)c(Br)s2)c(Br)c1. The van der Waals surface area contributed by atoms with Crippen LogP contribution in [0.5, 0.6) is 0 Å². The molecule has 19 heavy (non-hydrogen) atoms. The summed E-state index contributed by atoms with van der Waals surface area (Å²) in [5.41, 5.74) is 1.84. The van der Waals surface area contributed by atoms with Crippen molar-refractivity contribution < 1.29 is 4.79 Å². The number of hydrogen-bond acceptors (Lipinski definition) is 2. The van der Waals surface area contributed by atoms with Crippen molar-refractivity contribution in [3.8, 4) is 0 Å². The predicted molar refractivity (Wildman–Crippen MR) is 94.3 cm³/mol. The number of nitrogens with one attached hydrogen (secondary N) is 1. The van der Waals surface area contributed by atoms with Gasteiger partial charge in [0.1, 0.15) is 0 Å². The molecule has 1 N–H and O–H groups in total. The van der Waals surface area contributed by atoms with Crippen LogP contribution in [0.25, 0.3) is 0 Å². The molecule has 0 atom stereocenters. The van der Waals surface area contributed by atoms with E-state index in [2.05, 4.69) is 69.0 Å². The van der Waals surface area contributed by atoms with Crippen LogP contribution >= 0.6 is 75.1 Å². The molecule has 0 spiro atoms. The van der Waals surface area contributed by atoms with Crippen molar-refractivity contribution in [2.75, 3.05) is 5.32 Å². The third kappa shape index (κ3) is 3.69. The van der Waals surface area contributed by atoms with Crippen LogP contribution < -0.4 is 5.32 Å². The van der Waals surface area contributed by atoms with Gasteiger partial charge in [-0.05, 0) is 94.4 Å². The smallest absolute Gasteiger partial charge is 0.265 e. The van der Waals surface area contributed by atoms with Gasteiger partial charge >= 0.3 is 0 Å². The van der Waals surface area contributed by atoms with Crippen LogP contribution in [0.4, 0.5) is 5.69 Å². The van der Waals surface area contributed by atoms with E-state index < -0.39 is 0 Å². The summed E-state index contributed by atoms with van der Waals surface area (Å²) in [4.78, 5) is 12.8. The monoisotopic (exact) mass is 529 g/mol. The summed E-state index contributed by atoms with van der Waals surface area (Å²) in [5, 5.41) is 2.90. The third-order valence-corrected chi connectivity index (χ3v) is 6.80. The molecule has 1 aromatic heterocycles. The molecule has 2 rings (SSSR count). The third-order valence-electron chi connectivity index (χ3n) is 2.29. The van der Waals surface area contributed by atoms with Crippen molar-refractivity contribution in [1.82, 2.24) is 0 Å². The van der Waals surface area contributed by atoms with Gasteiger partial charge in [-0.1, -0.05) is 0 Å². The minimum Gasteiger partial charge on any atom is -0.319 e. The van der Waals surface area contributed by atoms with E-state index in [-0.39, 0.29) is 5.91 Å². The number of carbonyl (C=O) groups is 1. The highest BCUT2D eigenvalue weighted by Gasteiger charge is 2.15. The minimum atomic E-state index is -0.137. The van der Waals surface area contributed by atoms with Gasteiger partial charge in [0.15, 0.2) is 0 Å². The number of rotatable bonds is 2. The Labute approximate surface area is 148 Å². The summed E-state index contributed by atoms with van der Waals surface area (Å²) < 4.78 is 3.48. The predicted octanol–water partition coefficient (Wildman–Crippen LogP) is 6.36. The molecule has 1 amide bonds. The fraction of sp³-hybridized carbons (Fsp3) is 0.0833. The van der Waals surface area contributed by atoms with Crippen molar-refractivity contribution in [3.05, 3.63) is 45.8 Å². The van der Waals surface area contributed by atoms with Gasteiger partial charge in [-0.25, -0.2) is 0 Å². The van der Waals surface area contributed by atoms with E-state index in [0.29, 0.717) is 4.88 Å². The van der Waals surface area contributed by atoms with Crippen LogP contribution in [0.15, 0.2) is 35.4 Å². The molecule has 2 aromatic rings. The maximum Gasteiger partial charge on any atom is 0.265 e. The molecule has 0 saturated carbocycles. The van der Waals surface area contributed by atoms with Crippen LogP contribution in [-0.4, -0.2) is 5.91 Å². The first kappa shape index (κ1) is 15.7. The molecule has 2 nitrogen and oxygen atoms in total. The lowest BCUT2D eigenvalue weighted by molar-refractivity contribution is 0.103. The Bertz CT molecular complexity index is 611. The minimum absolute atomic E-state index is 0.137. The molecule has 0 aliphatic rings. The molecule has 0 aliphatic carbocycles. The topological polar surface area (TPSA) is 29.1 Å². The van der Waals surface area contributed by atoms with Gasteiger partial charge in [-0.3, -0.25) is 4.79 Å². The Balaban J connectivity index is 2.29. The van der Waals surface area contributed by atoms with Gasteiger partial charge in [0.2, 0.25) is 0 Å². The molecule has 0 saturated heterocycles. The fourth-order valence-electron chi connectivity index (χ4n) is 1.45. The Morgan fingerprint density at radius 1 is 1.05 bits per heavy atom. The van der Waals surface area contributed by atoms with Gasteiger partial charge < -0.3 is 5.32 Å². The van der Waals surface area contributed by atoms with Crippen molar-refractivity contribution in [1.29, 1.82) is 0 Å². The lowest BCUT2D eigenvalue weighted by Crippen LogP contribution is -2.11. The molecule has 0 radical (unpaired) electrons. The first-order valence-electron chi connectivity index (χ1n) is 5.10. The number of carbonyl (C=O) groups excluding carboxylic acids is 1. The second kappa shape index (κ2) is 6.39. The molecule has 100 valence electrons. The summed E-state index contributed by atoms with van der Waals surface area (Å²) in [5.74, 6) is -0.137. The Hall–Kier alpha value is 0.310. The number of benzene rings is 1. The quantitative estimate of drug-likeness (QED) is 0.479. The Morgan fingerprint density at radius 2 is 1.63 bits per heavy atom. The van der Waals surface area contributed by atoms with Crippen LogP contribution in [0, 0.1) is 6.92 Å². The highest BCUT2D eigenvalue weighted by molar-refractivity contribution is 9.13.